The van der Waals surface area contributed by atoms with Crippen molar-refractivity contribution in [3.05, 3.63) is 63.8 Å². The van der Waals surface area contributed by atoms with Crippen molar-refractivity contribution >= 4 is 44.4 Å². The summed E-state index contributed by atoms with van der Waals surface area (Å²) >= 11 is 5.12. The van der Waals surface area contributed by atoms with Crippen LogP contribution in [0.1, 0.15) is 21.6 Å². The van der Waals surface area contributed by atoms with Gasteiger partial charge in [-0.3, -0.25) is 4.79 Å². The maximum absolute atomic E-state index is 12.6. The molecule has 0 saturated heterocycles. The monoisotopic (exact) mass is 403 g/mol. The molecule has 1 N–H and O–H groups in total. The summed E-state index contributed by atoms with van der Waals surface area (Å²) in [7, 11) is 1.65. The van der Waals surface area contributed by atoms with E-state index in [1.54, 1.807) is 18.9 Å². The quantitative estimate of drug-likeness (QED) is 0.562. The van der Waals surface area contributed by atoms with Gasteiger partial charge in [0.25, 0.3) is 0 Å². The molecule has 0 atom stereocenters. The molecule has 2 aromatic carbocycles. The van der Waals surface area contributed by atoms with Gasteiger partial charge in [-0.05, 0) is 46.6 Å². The fourth-order valence-corrected chi connectivity index (χ4v) is 4.20. The molecule has 0 aliphatic heterocycles. The van der Waals surface area contributed by atoms with E-state index in [4.69, 9.17) is 4.74 Å². The van der Waals surface area contributed by atoms with E-state index >= 15 is 0 Å². The number of halogens is 1. The molecule has 1 heterocycles. The maximum Gasteiger partial charge on any atom is 0.175 e. The van der Waals surface area contributed by atoms with Crippen LogP contribution in [-0.2, 0) is 5.75 Å². The topological polar surface area (TPSA) is 42.1 Å². The first-order valence-corrected chi connectivity index (χ1v) is 9.55. The molecule has 0 unspecified atom stereocenters. The number of aromatic nitrogens is 1. The van der Waals surface area contributed by atoms with Crippen molar-refractivity contribution < 1.29 is 9.53 Å². The van der Waals surface area contributed by atoms with Gasteiger partial charge in [0.15, 0.2) is 5.78 Å². The Morgan fingerprint density at radius 3 is 2.79 bits per heavy atom. The van der Waals surface area contributed by atoms with E-state index in [2.05, 4.69) is 20.9 Å². The lowest BCUT2D eigenvalue weighted by molar-refractivity contribution is 0.102. The Kier molecular flexibility index (Phi) is 5.31. The third-order valence-corrected chi connectivity index (χ3v) is 5.51. The second-order valence-corrected chi connectivity index (χ2v) is 7.40. The number of benzene rings is 2. The second-order valence-electron chi connectivity index (χ2n) is 5.56. The molecule has 0 aliphatic rings. The second kappa shape index (κ2) is 7.45. The number of ether oxygens (including phenoxy) is 1. The van der Waals surface area contributed by atoms with Crippen LogP contribution in [0.5, 0.6) is 5.75 Å². The van der Waals surface area contributed by atoms with E-state index in [1.165, 1.54) is 0 Å². The molecule has 0 radical (unpaired) electrons. The zero-order chi connectivity index (χ0) is 17.1. The fraction of sp³-hybridized carbons (Fsp3) is 0.211. The fourth-order valence-electron chi connectivity index (χ4n) is 2.77. The van der Waals surface area contributed by atoms with Gasteiger partial charge in [0.05, 0.1) is 17.3 Å². The van der Waals surface area contributed by atoms with E-state index in [-0.39, 0.29) is 5.78 Å². The van der Waals surface area contributed by atoms with Crippen LogP contribution < -0.4 is 4.74 Å². The molecule has 0 amide bonds. The van der Waals surface area contributed by atoms with Crippen molar-refractivity contribution in [1.29, 1.82) is 0 Å². The van der Waals surface area contributed by atoms with Gasteiger partial charge in [-0.25, -0.2) is 0 Å². The van der Waals surface area contributed by atoms with Crippen molar-refractivity contribution in [1.82, 2.24) is 4.98 Å². The summed E-state index contributed by atoms with van der Waals surface area (Å²) in [5.74, 6) is 2.24. The lowest BCUT2D eigenvalue weighted by atomic mass is 10.1. The summed E-state index contributed by atoms with van der Waals surface area (Å²) in [6.45, 7) is 1.96. The number of ketones is 1. The van der Waals surface area contributed by atoms with Crippen LogP contribution in [0.3, 0.4) is 0 Å². The molecular weight excluding hydrogens is 386 g/mol. The normalized spacial score (nSPS) is 11.0. The third-order valence-electron chi connectivity index (χ3n) is 3.89. The smallest absolute Gasteiger partial charge is 0.175 e. The number of thioether (sulfide) groups is 1. The Balaban J connectivity index is 1.67. The molecule has 0 spiro atoms. The highest BCUT2D eigenvalue weighted by atomic mass is 79.9. The maximum atomic E-state index is 12.6. The molecule has 1 aromatic heterocycles. The average molecular weight is 404 g/mol. The van der Waals surface area contributed by atoms with E-state index in [0.29, 0.717) is 5.75 Å². The molecule has 124 valence electrons. The number of Topliss-reactive ketones (excluding diaryl/α,β-unsaturated/α-hetero) is 1. The first-order valence-electron chi connectivity index (χ1n) is 7.61. The van der Waals surface area contributed by atoms with Crippen LogP contribution >= 0.6 is 27.7 Å². The minimum Gasteiger partial charge on any atom is -0.496 e. The number of carbonyl (C=O) groups is 1. The van der Waals surface area contributed by atoms with E-state index in [0.717, 1.165) is 43.7 Å². The highest BCUT2D eigenvalue weighted by Crippen LogP contribution is 2.28. The number of hydrogen-bond donors (Lipinski definition) is 1. The van der Waals surface area contributed by atoms with E-state index in [1.807, 2.05) is 49.4 Å². The van der Waals surface area contributed by atoms with Gasteiger partial charge < -0.3 is 9.72 Å². The van der Waals surface area contributed by atoms with Crippen LogP contribution in [0.2, 0.25) is 0 Å². The van der Waals surface area contributed by atoms with Gasteiger partial charge in [-0.15, -0.1) is 11.8 Å². The zero-order valence-electron chi connectivity index (χ0n) is 13.6. The number of rotatable bonds is 6. The van der Waals surface area contributed by atoms with Crippen molar-refractivity contribution in [2.75, 3.05) is 12.9 Å². The van der Waals surface area contributed by atoms with Crippen molar-refractivity contribution in [2.45, 2.75) is 12.7 Å². The number of carbonyl (C=O) groups excluding carboxylic acids is 1. The summed E-state index contributed by atoms with van der Waals surface area (Å²) in [5.41, 5.74) is 3.93. The zero-order valence-corrected chi connectivity index (χ0v) is 16.0. The third kappa shape index (κ3) is 3.52. The van der Waals surface area contributed by atoms with Crippen LogP contribution in [0.25, 0.3) is 10.9 Å². The number of H-pyrrole nitrogens is 1. The summed E-state index contributed by atoms with van der Waals surface area (Å²) in [6.07, 6.45) is 0. The van der Waals surface area contributed by atoms with Crippen LogP contribution in [-0.4, -0.2) is 23.6 Å². The Morgan fingerprint density at radius 2 is 2.04 bits per heavy atom. The molecule has 0 saturated carbocycles. The average Bonchev–Trinajstić information content (AvgIpc) is 2.90. The first kappa shape index (κ1) is 17.1. The number of aromatic amines is 1. The van der Waals surface area contributed by atoms with Gasteiger partial charge in [0, 0.05) is 27.9 Å². The molecule has 24 heavy (non-hydrogen) atoms. The summed E-state index contributed by atoms with van der Waals surface area (Å²) < 4.78 is 6.17. The van der Waals surface area contributed by atoms with Crippen molar-refractivity contribution in [2.24, 2.45) is 0 Å². The van der Waals surface area contributed by atoms with Crippen molar-refractivity contribution in [3.63, 3.8) is 0 Å². The molecule has 0 fully saturated rings. The SMILES string of the molecule is COc1ccc(CSCC(=O)c2c(C)[nH]c3ccccc23)cc1Br. The number of para-hydroxylation sites is 1. The minimum atomic E-state index is 0.169. The number of fused-ring (bicyclic) bond motifs is 1. The lowest BCUT2D eigenvalue weighted by Gasteiger charge is -2.06. The van der Waals surface area contributed by atoms with Gasteiger partial charge in [-0.1, -0.05) is 24.3 Å². The lowest BCUT2D eigenvalue weighted by Crippen LogP contribution is -2.04. The largest absolute Gasteiger partial charge is 0.496 e. The minimum absolute atomic E-state index is 0.169. The van der Waals surface area contributed by atoms with Gasteiger partial charge in [0.2, 0.25) is 0 Å². The Morgan fingerprint density at radius 1 is 1.25 bits per heavy atom. The molecule has 3 rings (SSSR count). The number of aryl methyl sites for hydroxylation is 1. The molecule has 0 bridgehead atoms. The first-order chi connectivity index (χ1) is 11.6. The molecule has 5 heteroatoms. The number of methoxy groups -OCH3 is 1. The predicted molar refractivity (Wildman–Crippen MR) is 104 cm³/mol. The Hall–Kier alpha value is -1.72. The van der Waals surface area contributed by atoms with E-state index in [9.17, 15) is 4.79 Å². The van der Waals surface area contributed by atoms with Crippen LogP contribution in [0, 0.1) is 6.92 Å². The molecule has 3 aromatic rings. The summed E-state index contributed by atoms with van der Waals surface area (Å²) in [5, 5.41) is 1.01. The molecule has 0 aliphatic carbocycles. The number of hydrogen-bond acceptors (Lipinski definition) is 3. The predicted octanol–water partition coefficient (Wildman–Crippen LogP) is 5.36. The van der Waals surface area contributed by atoms with Crippen LogP contribution in [0.15, 0.2) is 46.9 Å². The molecule has 3 nitrogen and oxygen atoms in total. The van der Waals surface area contributed by atoms with Crippen molar-refractivity contribution in [3.8, 4) is 5.75 Å². The standard InChI is InChI=1S/C19H18BrNO2S/c1-12-19(14-5-3-4-6-16(14)21-12)17(22)11-24-10-13-7-8-18(23-2)15(20)9-13/h3-9,21H,10-11H2,1-2H3. The highest BCUT2D eigenvalue weighted by molar-refractivity contribution is 9.10. The Bertz CT molecular complexity index is 888. The van der Waals surface area contributed by atoms with Crippen LogP contribution in [0.4, 0.5) is 0 Å². The highest BCUT2D eigenvalue weighted by Gasteiger charge is 2.15. The summed E-state index contributed by atoms with van der Waals surface area (Å²) in [6, 6.07) is 13.9. The number of nitrogens with one attached hydrogen (secondary N) is 1. The Labute approximate surface area is 153 Å². The van der Waals surface area contributed by atoms with Gasteiger partial charge in [-0.2, -0.15) is 0 Å². The van der Waals surface area contributed by atoms with Gasteiger partial charge >= 0.3 is 0 Å². The van der Waals surface area contributed by atoms with E-state index < -0.39 is 0 Å². The van der Waals surface area contributed by atoms with Gasteiger partial charge in [0.1, 0.15) is 5.75 Å². The summed E-state index contributed by atoms with van der Waals surface area (Å²) in [4.78, 5) is 15.9. The molecular formula is C19H18BrNO2S.